The second kappa shape index (κ2) is 7.99. The highest BCUT2D eigenvalue weighted by molar-refractivity contribution is 6.46. The number of alkyl halides is 3. The molecule has 5 nitrogen and oxygen atoms in total. The van der Waals surface area contributed by atoms with E-state index < -0.39 is 23.8 Å². The molecule has 0 aliphatic rings. The van der Waals surface area contributed by atoms with Gasteiger partial charge in [0.1, 0.15) is 5.75 Å². The molecule has 0 saturated heterocycles. The van der Waals surface area contributed by atoms with Crippen molar-refractivity contribution in [2.75, 3.05) is 5.32 Å². The fraction of sp³-hybridized carbons (Fsp3) is 0.100. The third-order valence-electron chi connectivity index (χ3n) is 3.81. The third kappa shape index (κ3) is 5.00. The van der Waals surface area contributed by atoms with Crippen LogP contribution in [0.25, 0.3) is 0 Å². The van der Waals surface area contributed by atoms with Gasteiger partial charge in [0.15, 0.2) is 0 Å². The topological polar surface area (TPSA) is 60.3 Å². The lowest BCUT2D eigenvalue weighted by Gasteiger charge is -2.11. The van der Waals surface area contributed by atoms with Crippen molar-refractivity contribution in [2.45, 2.75) is 12.9 Å². The Kier molecular flexibility index (Phi) is 5.49. The third-order valence-corrected chi connectivity index (χ3v) is 3.81. The van der Waals surface area contributed by atoms with Crippen molar-refractivity contribution >= 4 is 17.4 Å². The molecule has 0 saturated carbocycles. The van der Waals surface area contributed by atoms with Crippen LogP contribution >= 0.6 is 0 Å². The van der Waals surface area contributed by atoms with E-state index in [1.807, 2.05) is 30.3 Å². The van der Waals surface area contributed by atoms with Gasteiger partial charge in [0.05, 0.1) is 5.69 Å². The van der Waals surface area contributed by atoms with Gasteiger partial charge in [0.25, 0.3) is 11.7 Å². The van der Waals surface area contributed by atoms with Crippen LogP contribution in [0.5, 0.6) is 5.75 Å². The molecular weight excluding hydrogens is 373 g/mol. The Morgan fingerprint density at radius 1 is 0.929 bits per heavy atom. The number of nitrogens with one attached hydrogen (secondary N) is 1. The Labute approximate surface area is 158 Å². The number of carbonyl (C=O) groups is 2. The van der Waals surface area contributed by atoms with E-state index in [9.17, 15) is 22.8 Å². The molecule has 0 atom stereocenters. The molecule has 1 heterocycles. The minimum absolute atomic E-state index is 0.175. The van der Waals surface area contributed by atoms with E-state index in [1.165, 1.54) is 18.2 Å². The van der Waals surface area contributed by atoms with Crippen molar-refractivity contribution in [2.24, 2.45) is 0 Å². The number of carbonyl (C=O) groups excluding carboxylic acids is 2. The molecule has 0 fully saturated rings. The number of anilines is 1. The average molecular weight is 388 g/mol. The fourth-order valence-corrected chi connectivity index (χ4v) is 2.58. The molecule has 0 aliphatic heterocycles. The Morgan fingerprint density at radius 3 is 2.25 bits per heavy atom. The highest BCUT2D eigenvalue weighted by atomic mass is 19.4. The summed E-state index contributed by atoms with van der Waals surface area (Å²) < 4.78 is 41.9. The van der Waals surface area contributed by atoms with E-state index in [2.05, 4.69) is 10.1 Å². The number of benzene rings is 2. The lowest BCUT2D eigenvalue weighted by atomic mass is 10.2. The van der Waals surface area contributed by atoms with E-state index in [-0.39, 0.29) is 11.4 Å². The molecule has 3 aromatic rings. The number of ketones is 1. The number of hydrogen-bond donors (Lipinski definition) is 1. The summed E-state index contributed by atoms with van der Waals surface area (Å²) in [6.45, 7) is 0.422. The van der Waals surface area contributed by atoms with Gasteiger partial charge < -0.3 is 14.6 Å². The predicted octanol–water partition coefficient (Wildman–Crippen LogP) is 4.26. The van der Waals surface area contributed by atoms with Crippen LogP contribution in [0.1, 0.15) is 16.1 Å². The van der Waals surface area contributed by atoms with Gasteiger partial charge in [-0.15, -0.1) is 13.2 Å². The van der Waals surface area contributed by atoms with E-state index >= 15 is 0 Å². The lowest BCUT2D eigenvalue weighted by molar-refractivity contribution is -0.274. The van der Waals surface area contributed by atoms with Crippen molar-refractivity contribution in [3.05, 3.63) is 84.2 Å². The van der Waals surface area contributed by atoms with Crippen LogP contribution in [-0.4, -0.2) is 22.6 Å². The summed E-state index contributed by atoms with van der Waals surface area (Å²) in [5, 5.41) is 2.37. The summed E-state index contributed by atoms with van der Waals surface area (Å²) >= 11 is 0. The van der Waals surface area contributed by atoms with Gasteiger partial charge >= 0.3 is 6.36 Å². The number of aromatic nitrogens is 1. The summed E-state index contributed by atoms with van der Waals surface area (Å²) in [6.07, 6.45) is -3.11. The minimum atomic E-state index is -4.80. The van der Waals surface area contributed by atoms with Crippen molar-refractivity contribution in [1.29, 1.82) is 0 Å². The average Bonchev–Trinajstić information content (AvgIpc) is 3.10. The molecule has 28 heavy (non-hydrogen) atoms. The van der Waals surface area contributed by atoms with Gasteiger partial charge in [-0.2, -0.15) is 0 Å². The second-order valence-electron chi connectivity index (χ2n) is 5.86. The maximum absolute atomic E-state index is 12.5. The molecular formula is C20H15F3N2O3. The normalized spacial score (nSPS) is 11.1. The van der Waals surface area contributed by atoms with E-state index in [1.54, 1.807) is 16.8 Å². The number of ether oxygens (including phenoxy) is 1. The van der Waals surface area contributed by atoms with Crippen LogP contribution in [0.3, 0.4) is 0 Å². The van der Waals surface area contributed by atoms with Crippen LogP contribution < -0.4 is 10.1 Å². The monoisotopic (exact) mass is 388 g/mol. The maximum Gasteiger partial charge on any atom is 0.573 e. The molecule has 144 valence electrons. The zero-order valence-electron chi connectivity index (χ0n) is 14.4. The quantitative estimate of drug-likeness (QED) is 0.507. The SMILES string of the molecule is O=C(Nc1ccc(OC(F)(F)F)cc1)C(=O)c1cccn1Cc1ccccc1. The van der Waals surface area contributed by atoms with Crippen molar-refractivity contribution in [3.63, 3.8) is 0 Å². The standard InChI is InChI=1S/C20H15F3N2O3/c21-20(22,23)28-16-10-8-15(9-11-16)24-19(27)18(26)17-7-4-12-25(17)13-14-5-2-1-3-6-14/h1-12H,13H2,(H,24,27). The number of halogens is 3. The zero-order valence-corrected chi connectivity index (χ0v) is 14.4. The first-order chi connectivity index (χ1) is 13.3. The number of nitrogens with zero attached hydrogens (tertiary/aromatic N) is 1. The van der Waals surface area contributed by atoms with Crippen molar-refractivity contribution < 1.29 is 27.5 Å². The molecule has 3 rings (SSSR count). The van der Waals surface area contributed by atoms with E-state index in [0.29, 0.717) is 6.54 Å². The summed E-state index contributed by atoms with van der Waals surface area (Å²) in [7, 11) is 0. The van der Waals surface area contributed by atoms with Crippen LogP contribution in [-0.2, 0) is 11.3 Å². The maximum atomic E-state index is 12.5. The van der Waals surface area contributed by atoms with Crippen LogP contribution in [0, 0.1) is 0 Å². The molecule has 2 aromatic carbocycles. The van der Waals surface area contributed by atoms with Gasteiger partial charge in [-0.1, -0.05) is 30.3 Å². The van der Waals surface area contributed by atoms with Crippen LogP contribution in [0.15, 0.2) is 72.9 Å². The molecule has 1 amide bonds. The molecule has 0 radical (unpaired) electrons. The highest BCUT2D eigenvalue weighted by Gasteiger charge is 2.31. The summed E-state index contributed by atoms with van der Waals surface area (Å²) in [5.74, 6) is -2.07. The molecule has 1 N–H and O–H groups in total. The number of amides is 1. The summed E-state index contributed by atoms with van der Waals surface area (Å²) in [6, 6.07) is 17.2. The minimum Gasteiger partial charge on any atom is -0.406 e. The number of hydrogen-bond acceptors (Lipinski definition) is 3. The lowest BCUT2D eigenvalue weighted by Crippen LogP contribution is -2.25. The first-order valence-corrected chi connectivity index (χ1v) is 8.22. The molecule has 8 heteroatoms. The molecule has 0 aliphatic carbocycles. The number of rotatable bonds is 6. The highest BCUT2D eigenvalue weighted by Crippen LogP contribution is 2.24. The first-order valence-electron chi connectivity index (χ1n) is 8.22. The Balaban J connectivity index is 1.67. The predicted molar refractivity (Wildman–Crippen MR) is 96.1 cm³/mol. The van der Waals surface area contributed by atoms with Gasteiger partial charge in [-0.05, 0) is 42.0 Å². The largest absolute Gasteiger partial charge is 0.573 e. The van der Waals surface area contributed by atoms with Crippen molar-refractivity contribution in [3.8, 4) is 5.75 Å². The van der Waals surface area contributed by atoms with Gasteiger partial charge in [0, 0.05) is 18.4 Å². The Hall–Kier alpha value is -3.55. The Bertz CT molecular complexity index is 964. The molecule has 0 bridgehead atoms. The summed E-state index contributed by atoms with van der Waals surface area (Å²) in [4.78, 5) is 24.7. The summed E-state index contributed by atoms with van der Waals surface area (Å²) in [5.41, 5.74) is 1.35. The van der Waals surface area contributed by atoms with Gasteiger partial charge in [-0.25, -0.2) is 0 Å². The number of Topliss-reactive ketones (excluding diaryl/α,β-unsaturated/α-hetero) is 1. The molecule has 0 unspecified atom stereocenters. The fourth-order valence-electron chi connectivity index (χ4n) is 2.58. The first kappa shape index (κ1) is 19.2. The molecule has 0 spiro atoms. The van der Waals surface area contributed by atoms with Crippen LogP contribution in [0.2, 0.25) is 0 Å². The Morgan fingerprint density at radius 2 is 1.61 bits per heavy atom. The smallest absolute Gasteiger partial charge is 0.406 e. The molecule has 1 aromatic heterocycles. The van der Waals surface area contributed by atoms with Gasteiger partial charge in [-0.3, -0.25) is 9.59 Å². The van der Waals surface area contributed by atoms with E-state index in [4.69, 9.17) is 0 Å². The van der Waals surface area contributed by atoms with Crippen LogP contribution in [0.4, 0.5) is 18.9 Å². The zero-order chi connectivity index (χ0) is 20.1. The van der Waals surface area contributed by atoms with Gasteiger partial charge in [0.2, 0.25) is 0 Å². The van der Waals surface area contributed by atoms with E-state index in [0.717, 1.165) is 17.7 Å². The second-order valence-corrected chi connectivity index (χ2v) is 5.86. The van der Waals surface area contributed by atoms with Crippen molar-refractivity contribution in [1.82, 2.24) is 4.57 Å².